The summed E-state index contributed by atoms with van der Waals surface area (Å²) in [6.45, 7) is 9.86. The van der Waals surface area contributed by atoms with Crippen molar-refractivity contribution in [3.05, 3.63) is 29.3 Å². The van der Waals surface area contributed by atoms with E-state index in [0.717, 1.165) is 24.3 Å². The van der Waals surface area contributed by atoms with Crippen molar-refractivity contribution in [1.29, 1.82) is 0 Å². The number of carboxylic acids is 1. The first-order chi connectivity index (χ1) is 10.0. The second-order valence-electron chi connectivity index (χ2n) is 6.06. The Hall–Kier alpha value is -1.55. The maximum atomic E-state index is 11.1. The van der Waals surface area contributed by atoms with E-state index in [0.29, 0.717) is 17.5 Å². The molecule has 1 heterocycles. The van der Waals surface area contributed by atoms with Crippen molar-refractivity contribution in [2.45, 2.75) is 39.7 Å². The summed E-state index contributed by atoms with van der Waals surface area (Å²) < 4.78 is 0. The van der Waals surface area contributed by atoms with E-state index in [4.69, 9.17) is 5.11 Å². The molecule has 1 fully saturated rings. The summed E-state index contributed by atoms with van der Waals surface area (Å²) in [5.41, 5.74) is 2.38. The van der Waals surface area contributed by atoms with Crippen molar-refractivity contribution in [3.8, 4) is 0 Å². The van der Waals surface area contributed by atoms with Gasteiger partial charge in [-0.05, 0) is 63.4 Å². The van der Waals surface area contributed by atoms with Gasteiger partial charge in [-0.15, -0.1) is 0 Å². The van der Waals surface area contributed by atoms with E-state index in [1.54, 1.807) is 12.1 Å². The molecular formula is C17H26N2O2. The third-order valence-corrected chi connectivity index (χ3v) is 4.56. The molecule has 0 aromatic heterocycles. The molecule has 2 N–H and O–H groups in total. The fraction of sp³-hybridized carbons (Fsp3) is 0.588. The topological polar surface area (TPSA) is 52.6 Å². The highest BCUT2D eigenvalue weighted by Gasteiger charge is 2.24. The number of carboxylic acid groups (broad SMARTS) is 1. The van der Waals surface area contributed by atoms with Crippen LogP contribution in [0.3, 0.4) is 0 Å². The van der Waals surface area contributed by atoms with Crippen LogP contribution in [-0.2, 0) is 0 Å². The highest BCUT2D eigenvalue weighted by molar-refractivity contribution is 5.89. The Kier molecular flexibility index (Phi) is 5.23. The molecule has 0 spiro atoms. The van der Waals surface area contributed by atoms with Gasteiger partial charge in [-0.25, -0.2) is 4.79 Å². The molecule has 2 rings (SSSR count). The van der Waals surface area contributed by atoms with Crippen LogP contribution in [0, 0.1) is 12.8 Å². The van der Waals surface area contributed by atoms with Gasteiger partial charge in [0.1, 0.15) is 0 Å². The Morgan fingerprint density at radius 3 is 2.95 bits per heavy atom. The Morgan fingerprint density at radius 1 is 1.52 bits per heavy atom. The Morgan fingerprint density at radius 2 is 2.29 bits per heavy atom. The molecule has 1 saturated heterocycles. The summed E-state index contributed by atoms with van der Waals surface area (Å²) >= 11 is 0. The van der Waals surface area contributed by atoms with Gasteiger partial charge >= 0.3 is 5.97 Å². The molecule has 2 unspecified atom stereocenters. The highest BCUT2D eigenvalue weighted by atomic mass is 16.4. The van der Waals surface area contributed by atoms with E-state index in [1.807, 2.05) is 13.0 Å². The van der Waals surface area contributed by atoms with E-state index in [2.05, 4.69) is 24.1 Å². The molecule has 1 aliphatic rings. The minimum absolute atomic E-state index is 0.342. The fourth-order valence-electron chi connectivity index (χ4n) is 3.06. The minimum Gasteiger partial charge on any atom is -0.478 e. The lowest BCUT2D eigenvalue weighted by Gasteiger charge is -2.36. The van der Waals surface area contributed by atoms with Gasteiger partial charge in [-0.2, -0.15) is 0 Å². The van der Waals surface area contributed by atoms with Crippen LogP contribution in [0.4, 0.5) is 5.69 Å². The van der Waals surface area contributed by atoms with Gasteiger partial charge in [0, 0.05) is 18.3 Å². The first kappa shape index (κ1) is 15.8. The fourth-order valence-corrected chi connectivity index (χ4v) is 3.06. The molecule has 21 heavy (non-hydrogen) atoms. The number of aryl methyl sites for hydroxylation is 1. The van der Waals surface area contributed by atoms with Crippen molar-refractivity contribution >= 4 is 11.7 Å². The number of likely N-dealkylation sites (tertiary alicyclic amines) is 1. The van der Waals surface area contributed by atoms with Gasteiger partial charge in [-0.3, -0.25) is 0 Å². The van der Waals surface area contributed by atoms with Crippen LogP contribution >= 0.6 is 0 Å². The standard InChI is InChI=1S/C17H26N2O2/c1-4-19-9-5-6-15(11-19)13(3)18-16-10-14(17(20)21)8-7-12(16)2/h7-8,10,13,15,18H,4-6,9,11H2,1-3H3,(H,20,21). The molecule has 1 aromatic carbocycles. The second-order valence-corrected chi connectivity index (χ2v) is 6.06. The quantitative estimate of drug-likeness (QED) is 0.874. The zero-order valence-electron chi connectivity index (χ0n) is 13.2. The number of nitrogens with one attached hydrogen (secondary N) is 1. The summed E-state index contributed by atoms with van der Waals surface area (Å²) in [4.78, 5) is 13.6. The van der Waals surface area contributed by atoms with Crippen LogP contribution < -0.4 is 5.32 Å². The van der Waals surface area contributed by atoms with Crippen LogP contribution in [0.25, 0.3) is 0 Å². The molecule has 1 aromatic rings. The van der Waals surface area contributed by atoms with Crippen molar-refractivity contribution in [1.82, 2.24) is 4.90 Å². The summed E-state index contributed by atoms with van der Waals surface area (Å²) in [6.07, 6.45) is 2.49. The van der Waals surface area contributed by atoms with E-state index >= 15 is 0 Å². The van der Waals surface area contributed by atoms with E-state index < -0.39 is 5.97 Å². The number of anilines is 1. The predicted octanol–water partition coefficient (Wildman–Crippen LogP) is 3.23. The molecule has 116 valence electrons. The summed E-state index contributed by atoms with van der Waals surface area (Å²) in [7, 11) is 0. The largest absolute Gasteiger partial charge is 0.478 e. The summed E-state index contributed by atoms with van der Waals surface area (Å²) in [5.74, 6) is -0.257. The van der Waals surface area contributed by atoms with Crippen molar-refractivity contribution in [3.63, 3.8) is 0 Å². The first-order valence-corrected chi connectivity index (χ1v) is 7.84. The molecular weight excluding hydrogens is 264 g/mol. The normalized spacial score (nSPS) is 21.0. The minimum atomic E-state index is -0.875. The van der Waals surface area contributed by atoms with Gasteiger partial charge in [0.2, 0.25) is 0 Å². The molecule has 0 bridgehead atoms. The summed E-state index contributed by atoms with van der Waals surface area (Å²) in [6, 6.07) is 5.63. The number of hydrogen-bond acceptors (Lipinski definition) is 3. The molecule has 4 heteroatoms. The van der Waals surface area contributed by atoms with E-state index in [-0.39, 0.29) is 0 Å². The number of rotatable bonds is 5. The number of aromatic carboxylic acids is 1. The van der Waals surface area contributed by atoms with Gasteiger partial charge in [0.15, 0.2) is 0 Å². The molecule has 0 amide bonds. The molecule has 2 atom stereocenters. The third-order valence-electron chi connectivity index (χ3n) is 4.56. The number of nitrogens with zero attached hydrogens (tertiary/aromatic N) is 1. The SMILES string of the molecule is CCN1CCCC(C(C)Nc2cc(C(=O)O)ccc2C)C1. The molecule has 0 aliphatic carbocycles. The maximum Gasteiger partial charge on any atom is 0.335 e. The molecule has 0 saturated carbocycles. The highest BCUT2D eigenvalue weighted by Crippen LogP contribution is 2.24. The monoisotopic (exact) mass is 290 g/mol. The van der Waals surface area contributed by atoms with Gasteiger partial charge < -0.3 is 15.3 Å². The van der Waals surface area contributed by atoms with Crippen LogP contribution in [0.2, 0.25) is 0 Å². The van der Waals surface area contributed by atoms with Crippen molar-refractivity contribution in [2.24, 2.45) is 5.92 Å². The third kappa shape index (κ3) is 3.97. The Bertz CT molecular complexity index is 502. The smallest absolute Gasteiger partial charge is 0.335 e. The summed E-state index contributed by atoms with van der Waals surface area (Å²) in [5, 5.41) is 12.6. The van der Waals surface area contributed by atoms with Crippen LogP contribution in [0.5, 0.6) is 0 Å². The zero-order chi connectivity index (χ0) is 15.4. The second kappa shape index (κ2) is 6.94. The molecule has 0 radical (unpaired) electrons. The van der Waals surface area contributed by atoms with Crippen LogP contribution in [-0.4, -0.2) is 41.7 Å². The number of hydrogen-bond donors (Lipinski definition) is 2. The maximum absolute atomic E-state index is 11.1. The average molecular weight is 290 g/mol. The van der Waals surface area contributed by atoms with Crippen molar-refractivity contribution in [2.75, 3.05) is 25.0 Å². The number of carbonyl (C=O) groups is 1. The van der Waals surface area contributed by atoms with Crippen LogP contribution in [0.1, 0.15) is 42.6 Å². The molecule has 1 aliphatic heterocycles. The predicted molar refractivity (Wildman–Crippen MR) is 86.1 cm³/mol. The molecule has 4 nitrogen and oxygen atoms in total. The average Bonchev–Trinajstić information content (AvgIpc) is 2.49. The number of piperidine rings is 1. The van der Waals surface area contributed by atoms with E-state index in [9.17, 15) is 4.79 Å². The lowest BCUT2D eigenvalue weighted by Crippen LogP contribution is -2.41. The van der Waals surface area contributed by atoms with Gasteiger partial charge in [-0.1, -0.05) is 13.0 Å². The number of benzene rings is 1. The van der Waals surface area contributed by atoms with Gasteiger partial charge in [0.05, 0.1) is 5.56 Å². The Labute approximate surface area is 127 Å². The van der Waals surface area contributed by atoms with E-state index in [1.165, 1.54) is 19.4 Å². The van der Waals surface area contributed by atoms with Crippen molar-refractivity contribution < 1.29 is 9.90 Å². The Balaban J connectivity index is 2.06. The first-order valence-electron chi connectivity index (χ1n) is 7.84. The van der Waals surface area contributed by atoms with Crippen LogP contribution in [0.15, 0.2) is 18.2 Å². The lowest BCUT2D eigenvalue weighted by molar-refractivity contribution is 0.0697. The zero-order valence-corrected chi connectivity index (χ0v) is 13.2. The lowest BCUT2D eigenvalue weighted by atomic mass is 9.91. The van der Waals surface area contributed by atoms with Gasteiger partial charge in [0.25, 0.3) is 0 Å².